The minimum absolute atomic E-state index is 0.0143. The van der Waals surface area contributed by atoms with Gasteiger partial charge in [0, 0.05) is 50.3 Å². The van der Waals surface area contributed by atoms with Crippen molar-refractivity contribution in [3.63, 3.8) is 0 Å². The summed E-state index contributed by atoms with van der Waals surface area (Å²) in [6.07, 6.45) is 7.10. The Hall–Kier alpha value is -4.71. The van der Waals surface area contributed by atoms with Crippen molar-refractivity contribution in [2.45, 2.75) is 19.4 Å². The number of piperazine rings is 1. The van der Waals surface area contributed by atoms with Crippen LogP contribution in [0.3, 0.4) is 0 Å². The van der Waals surface area contributed by atoms with E-state index in [-0.39, 0.29) is 18.1 Å². The highest BCUT2D eigenvalue weighted by atomic mass is 16.5. The van der Waals surface area contributed by atoms with Gasteiger partial charge < -0.3 is 19.9 Å². The number of carbonyl (C=O) groups excluding carboxylic acids is 1. The van der Waals surface area contributed by atoms with E-state index in [0.717, 1.165) is 44.7 Å². The summed E-state index contributed by atoms with van der Waals surface area (Å²) in [5.74, 6) is 1.70. The fraction of sp³-hybridized carbons (Fsp3) is 0.345. The number of fused-ring (bicyclic) bond motifs is 5. The lowest BCUT2D eigenvalue weighted by molar-refractivity contribution is -0.121. The van der Waals surface area contributed by atoms with Crippen LogP contribution in [0, 0.1) is 0 Å². The molecule has 0 saturated carbocycles. The van der Waals surface area contributed by atoms with Crippen molar-refractivity contribution in [2.75, 3.05) is 61.5 Å². The van der Waals surface area contributed by atoms with Crippen molar-refractivity contribution >= 4 is 40.1 Å². The summed E-state index contributed by atoms with van der Waals surface area (Å²) in [5, 5.41) is 3.67. The SMILES string of the molecule is CN1CCN(c2ccc(Nc3ncc4c(=O)n5n(c4n3)-c3ccc4c(n3)N(CCC/C=C\C5)C(=O)CO4)cc2)CC1. The predicted octanol–water partition coefficient (Wildman–Crippen LogP) is 2.55. The third-order valence-electron chi connectivity index (χ3n) is 7.81. The second-order valence-corrected chi connectivity index (χ2v) is 10.5. The van der Waals surface area contributed by atoms with Gasteiger partial charge in [0.25, 0.3) is 11.5 Å². The normalized spacial score (nSPS) is 18.3. The number of likely N-dealkylation sites (N-methyl/N-ethyl adjacent to an activating group) is 1. The number of hydrogen-bond acceptors (Lipinski definition) is 9. The van der Waals surface area contributed by atoms with Gasteiger partial charge in [-0.05, 0) is 56.3 Å². The second kappa shape index (κ2) is 10.4. The first-order valence-corrected chi connectivity index (χ1v) is 13.9. The average molecular weight is 554 g/mol. The molecule has 41 heavy (non-hydrogen) atoms. The van der Waals surface area contributed by atoms with Gasteiger partial charge in [0.05, 0.1) is 6.54 Å². The number of carbonyl (C=O) groups is 1. The lowest BCUT2D eigenvalue weighted by Crippen LogP contribution is -2.44. The highest BCUT2D eigenvalue weighted by Crippen LogP contribution is 2.32. The minimum atomic E-state index is -0.214. The van der Waals surface area contributed by atoms with Crippen LogP contribution in [0.15, 0.2) is 59.5 Å². The topological polar surface area (TPSA) is 114 Å². The zero-order valence-electron chi connectivity index (χ0n) is 22.9. The van der Waals surface area contributed by atoms with E-state index in [0.29, 0.717) is 47.5 Å². The van der Waals surface area contributed by atoms with E-state index in [1.54, 1.807) is 32.6 Å². The number of rotatable bonds is 3. The second-order valence-electron chi connectivity index (χ2n) is 10.5. The van der Waals surface area contributed by atoms with Gasteiger partial charge in [-0.3, -0.25) is 14.5 Å². The molecule has 1 N–H and O–H groups in total. The Kier molecular flexibility index (Phi) is 6.38. The van der Waals surface area contributed by atoms with E-state index in [4.69, 9.17) is 14.7 Å². The van der Waals surface area contributed by atoms with Crippen molar-refractivity contribution in [2.24, 2.45) is 0 Å². The molecule has 6 heterocycles. The van der Waals surface area contributed by atoms with Crippen LogP contribution in [0.25, 0.3) is 16.9 Å². The highest BCUT2D eigenvalue weighted by molar-refractivity contribution is 5.96. The van der Waals surface area contributed by atoms with Gasteiger partial charge in [-0.2, -0.15) is 4.98 Å². The summed E-state index contributed by atoms with van der Waals surface area (Å²) in [4.78, 5) is 46.6. The number of nitrogens with zero attached hydrogens (tertiary/aromatic N) is 8. The Morgan fingerprint density at radius 3 is 2.59 bits per heavy atom. The molecule has 0 spiro atoms. The van der Waals surface area contributed by atoms with Crippen LogP contribution < -0.4 is 25.4 Å². The molecule has 1 fully saturated rings. The molecule has 0 radical (unpaired) electrons. The van der Waals surface area contributed by atoms with E-state index in [2.05, 4.69) is 39.3 Å². The molecule has 12 nitrogen and oxygen atoms in total. The van der Waals surface area contributed by atoms with Crippen molar-refractivity contribution in [1.29, 1.82) is 0 Å². The molecule has 12 heteroatoms. The van der Waals surface area contributed by atoms with E-state index in [9.17, 15) is 9.59 Å². The van der Waals surface area contributed by atoms with Gasteiger partial charge in [0.15, 0.2) is 29.6 Å². The maximum absolute atomic E-state index is 13.5. The molecular formula is C29H31N9O3. The molecule has 1 amide bonds. The third-order valence-corrected chi connectivity index (χ3v) is 7.81. The number of ether oxygens (including phenoxy) is 1. The first-order chi connectivity index (χ1) is 20.0. The number of benzene rings is 1. The Morgan fingerprint density at radius 1 is 0.927 bits per heavy atom. The zero-order valence-corrected chi connectivity index (χ0v) is 22.9. The number of amides is 1. The number of pyridine rings is 1. The molecule has 3 aliphatic rings. The highest BCUT2D eigenvalue weighted by Gasteiger charge is 2.28. The molecule has 3 aliphatic heterocycles. The minimum Gasteiger partial charge on any atom is -0.480 e. The van der Waals surface area contributed by atoms with Crippen LogP contribution in [0.2, 0.25) is 0 Å². The first kappa shape index (κ1) is 25.3. The summed E-state index contributed by atoms with van der Waals surface area (Å²) in [7, 11) is 2.15. The van der Waals surface area contributed by atoms with Crippen LogP contribution in [-0.2, 0) is 11.3 Å². The third kappa shape index (κ3) is 4.69. The van der Waals surface area contributed by atoms with Gasteiger partial charge in [-0.15, -0.1) is 0 Å². The van der Waals surface area contributed by atoms with Crippen LogP contribution in [-0.4, -0.2) is 81.5 Å². The zero-order chi connectivity index (χ0) is 27.9. The molecule has 1 saturated heterocycles. The first-order valence-electron chi connectivity index (χ1n) is 13.9. The van der Waals surface area contributed by atoms with Crippen LogP contribution >= 0.6 is 0 Å². The Balaban J connectivity index is 1.26. The number of anilines is 4. The largest absolute Gasteiger partial charge is 0.480 e. The maximum atomic E-state index is 13.5. The fourth-order valence-corrected chi connectivity index (χ4v) is 5.51. The number of hydrogen-bond donors (Lipinski definition) is 1. The van der Waals surface area contributed by atoms with Crippen molar-refractivity contribution < 1.29 is 9.53 Å². The Labute approximate surface area is 236 Å². The summed E-state index contributed by atoms with van der Waals surface area (Å²) in [6, 6.07) is 11.8. The summed E-state index contributed by atoms with van der Waals surface area (Å²) in [5.41, 5.74) is 2.24. The van der Waals surface area contributed by atoms with Crippen LogP contribution in [0.5, 0.6) is 5.75 Å². The van der Waals surface area contributed by atoms with E-state index < -0.39 is 0 Å². The molecule has 1 aromatic carbocycles. The maximum Gasteiger partial charge on any atom is 0.278 e. The lowest BCUT2D eigenvalue weighted by atomic mass is 10.2. The van der Waals surface area contributed by atoms with Gasteiger partial charge in [0.1, 0.15) is 5.39 Å². The Morgan fingerprint density at radius 2 is 1.76 bits per heavy atom. The quantitative estimate of drug-likeness (QED) is 0.383. The van der Waals surface area contributed by atoms with E-state index >= 15 is 0 Å². The summed E-state index contributed by atoms with van der Waals surface area (Å²) in [6.45, 7) is 4.97. The average Bonchev–Trinajstić information content (AvgIpc) is 3.26. The number of nitrogens with one attached hydrogen (secondary N) is 1. The van der Waals surface area contributed by atoms with E-state index in [1.165, 1.54) is 5.69 Å². The lowest BCUT2D eigenvalue weighted by Gasteiger charge is -2.34. The number of allylic oxidation sites excluding steroid dienone is 2. The van der Waals surface area contributed by atoms with Gasteiger partial charge in [-0.25, -0.2) is 19.3 Å². The molecule has 4 aromatic rings. The summed E-state index contributed by atoms with van der Waals surface area (Å²) < 4.78 is 8.94. The number of aromatic nitrogens is 5. The molecule has 2 bridgehead atoms. The molecular weight excluding hydrogens is 522 g/mol. The Bertz CT molecular complexity index is 1700. The van der Waals surface area contributed by atoms with E-state index in [1.807, 2.05) is 24.3 Å². The fourth-order valence-electron chi connectivity index (χ4n) is 5.51. The predicted molar refractivity (Wildman–Crippen MR) is 157 cm³/mol. The monoisotopic (exact) mass is 553 g/mol. The molecule has 210 valence electrons. The molecule has 0 unspecified atom stereocenters. The molecule has 0 atom stereocenters. The van der Waals surface area contributed by atoms with Gasteiger partial charge in [-0.1, -0.05) is 12.2 Å². The van der Waals surface area contributed by atoms with Gasteiger partial charge in [0.2, 0.25) is 5.95 Å². The van der Waals surface area contributed by atoms with Crippen LogP contribution in [0.4, 0.5) is 23.1 Å². The summed E-state index contributed by atoms with van der Waals surface area (Å²) >= 11 is 0. The van der Waals surface area contributed by atoms with Crippen molar-refractivity contribution in [3.05, 3.63) is 65.1 Å². The smallest absolute Gasteiger partial charge is 0.278 e. The molecule has 0 aliphatic carbocycles. The van der Waals surface area contributed by atoms with Crippen molar-refractivity contribution in [1.82, 2.24) is 29.2 Å². The standard InChI is InChI=1S/C29H31N9O3/c1-34-14-16-35(17-15-34)21-8-6-20(7-9-21)31-29-30-18-22-26(33-29)38-24-11-10-23-27(32-24)36(25(39)19-41-23)12-4-2-3-5-13-37(38)28(22)40/h3,5-11,18H,2,4,12-17,19H2,1H3,(H,30,31,33)/b5-3-. The molecule has 7 rings (SSSR count). The molecule has 3 aromatic heterocycles. The van der Waals surface area contributed by atoms with Crippen molar-refractivity contribution in [3.8, 4) is 11.6 Å². The van der Waals surface area contributed by atoms with Crippen LogP contribution in [0.1, 0.15) is 12.8 Å². The van der Waals surface area contributed by atoms with Gasteiger partial charge >= 0.3 is 0 Å².